The summed E-state index contributed by atoms with van der Waals surface area (Å²) in [5.74, 6) is 0. The molecule has 0 aromatic carbocycles. The van der Waals surface area contributed by atoms with Crippen LogP contribution >= 0.6 is 0 Å². The maximum absolute atomic E-state index is 5.36. The SMILES string of the molecule is [Li][CH](OCC)C(CC)OC. The molecular formula is C7H15LiO2. The molecule has 0 aliphatic heterocycles. The molecule has 0 N–H and O–H groups in total. The van der Waals surface area contributed by atoms with E-state index in [1.54, 1.807) is 7.11 Å². The van der Waals surface area contributed by atoms with E-state index in [1.807, 2.05) is 24.6 Å². The molecule has 0 aliphatic rings. The van der Waals surface area contributed by atoms with Crippen LogP contribution in [-0.2, 0) is 9.47 Å². The molecule has 0 saturated carbocycles. The van der Waals surface area contributed by atoms with Crippen LogP contribution in [0.5, 0.6) is 0 Å². The van der Waals surface area contributed by atoms with E-state index in [-0.39, 0.29) is 10.9 Å². The Balaban J connectivity index is 3.53. The van der Waals surface area contributed by atoms with Crippen molar-refractivity contribution in [1.29, 1.82) is 0 Å². The summed E-state index contributed by atoms with van der Waals surface area (Å²) in [5, 5.41) is 0. The monoisotopic (exact) mass is 138 g/mol. The second-order valence-corrected chi connectivity index (χ2v) is 2.34. The van der Waals surface area contributed by atoms with E-state index in [1.165, 1.54) is 0 Å². The zero-order valence-electron chi connectivity index (χ0n) is 7.39. The van der Waals surface area contributed by atoms with Gasteiger partial charge in [-0.1, -0.05) is 0 Å². The minimum absolute atomic E-state index is 0.222. The van der Waals surface area contributed by atoms with Crippen LogP contribution in [0.1, 0.15) is 20.3 Å². The molecule has 0 radical (unpaired) electrons. The van der Waals surface area contributed by atoms with Crippen molar-refractivity contribution >= 4 is 17.7 Å². The third kappa shape index (κ3) is 3.63. The van der Waals surface area contributed by atoms with Gasteiger partial charge in [0.25, 0.3) is 0 Å². The Hall–Kier alpha value is 0.517. The van der Waals surface area contributed by atoms with E-state index < -0.39 is 0 Å². The summed E-state index contributed by atoms with van der Waals surface area (Å²) in [6.07, 6.45) is 1.26. The fraction of sp³-hybridized carbons (Fsp3) is 1.00. The maximum atomic E-state index is 5.36. The average molecular weight is 138 g/mol. The van der Waals surface area contributed by atoms with Gasteiger partial charge in [-0.3, -0.25) is 0 Å². The molecule has 0 rings (SSSR count). The van der Waals surface area contributed by atoms with Crippen LogP contribution in [-0.4, -0.2) is 42.3 Å². The van der Waals surface area contributed by atoms with E-state index in [4.69, 9.17) is 9.47 Å². The normalized spacial score (nSPS) is 16.9. The van der Waals surface area contributed by atoms with Crippen molar-refractivity contribution in [3.05, 3.63) is 0 Å². The molecule has 2 nitrogen and oxygen atoms in total. The molecule has 0 bridgehead atoms. The van der Waals surface area contributed by atoms with Gasteiger partial charge in [0.15, 0.2) is 0 Å². The Morgan fingerprint density at radius 1 is 1.40 bits per heavy atom. The predicted molar refractivity (Wildman–Crippen MR) is 42.3 cm³/mol. The minimum atomic E-state index is 0.222. The molecular weight excluding hydrogens is 123 g/mol. The Labute approximate surface area is 72.5 Å². The summed E-state index contributed by atoms with van der Waals surface area (Å²) in [6.45, 7) is 4.86. The van der Waals surface area contributed by atoms with Gasteiger partial charge in [-0.25, -0.2) is 0 Å². The van der Waals surface area contributed by atoms with Crippen molar-refractivity contribution in [1.82, 2.24) is 0 Å². The van der Waals surface area contributed by atoms with Gasteiger partial charge < -0.3 is 0 Å². The Morgan fingerprint density at radius 3 is 2.30 bits per heavy atom. The second-order valence-electron chi connectivity index (χ2n) is 2.34. The van der Waals surface area contributed by atoms with Gasteiger partial charge in [-0.15, -0.1) is 0 Å². The summed E-state index contributed by atoms with van der Waals surface area (Å²) >= 11 is 2.04. The van der Waals surface area contributed by atoms with Crippen molar-refractivity contribution in [2.45, 2.75) is 31.1 Å². The van der Waals surface area contributed by atoms with E-state index in [2.05, 4.69) is 6.92 Å². The van der Waals surface area contributed by atoms with Gasteiger partial charge in [0.1, 0.15) is 0 Å². The molecule has 2 unspecified atom stereocenters. The molecule has 2 atom stereocenters. The van der Waals surface area contributed by atoms with Gasteiger partial charge in [0, 0.05) is 0 Å². The molecule has 0 heterocycles. The Morgan fingerprint density at radius 2 is 2.00 bits per heavy atom. The fourth-order valence-electron chi connectivity index (χ4n) is 1.06. The zero-order chi connectivity index (χ0) is 7.98. The molecule has 0 aromatic rings. The molecule has 56 valence electrons. The zero-order valence-corrected chi connectivity index (χ0v) is 7.39. The summed E-state index contributed by atoms with van der Waals surface area (Å²) in [7, 11) is 1.73. The van der Waals surface area contributed by atoms with Crippen molar-refractivity contribution in [3.8, 4) is 0 Å². The number of ether oxygens (including phenoxy) is 2. The standard InChI is InChI=1S/C7H15O2.Li/c1-4-7(8-3)6-9-5-2;/h6-7H,4-5H2,1-3H3;. The molecule has 0 amide bonds. The number of hydrogen-bond donors (Lipinski definition) is 0. The fourth-order valence-corrected chi connectivity index (χ4v) is 1.06. The molecule has 10 heavy (non-hydrogen) atoms. The van der Waals surface area contributed by atoms with Crippen LogP contribution in [0.3, 0.4) is 0 Å². The van der Waals surface area contributed by atoms with Gasteiger partial charge in [-0.2, -0.15) is 0 Å². The Kier molecular flexibility index (Phi) is 6.56. The first kappa shape index (κ1) is 10.5. The first-order valence-corrected chi connectivity index (χ1v) is 3.90. The topological polar surface area (TPSA) is 18.5 Å². The average Bonchev–Trinajstić information content (AvgIpc) is 1.91. The van der Waals surface area contributed by atoms with Crippen molar-refractivity contribution in [3.63, 3.8) is 0 Å². The Bertz CT molecular complexity index is 74.0. The second kappa shape index (κ2) is 6.24. The van der Waals surface area contributed by atoms with Gasteiger partial charge in [0.05, 0.1) is 0 Å². The van der Waals surface area contributed by atoms with E-state index in [0.717, 1.165) is 13.0 Å². The van der Waals surface area contributed by atoms with Crippen LogP contribution in [0.2, 0.25) is 0 Å². The first-order chi connectivity index (χ1) is 4.76. The summed E-state index contributed by atoms with van der Waals surface area (Å²) in [4.78, 5) is 0. The third-order valence-electron chi connectivity index (χ3n) is 1.66. The molecule has 0 aromatic heterocycles. The van der Waals surface area contributed by atoms with Crippen molar-refractivity contribution in [2.75, 3.05) is 13.7 Å². The first-order valence-electron chi connectivity index (χ1n) is 3.90. The van der Waals surface area contributed by atoms with Gasteiger partial charge >= 0.3 is 72.1 Å². The molecule has 0 fully saturated rings. The van der Waals surface area contributed by atoms with Gasteiger partial charge in [-0.05, 0) is 0 Å². The van der Waals surface area contributed by atoms with E-state index >= 15 is 0 Å². The summed E-state index contributed by atoms with van der Waals surface area (Å²) in [5.41, 5.74) is 0. The van der Waals surface area contributed by atoms with E-state index in [9.17, 15) is 0 Å². The number of methoxy groups -OCH3 is 1. The quantitative estimate of drug-likeness (QED) is 0.526. The summed E-state index contributed by atoms with van der Waals surface area (Å²) < 4.78 is 10.8. The van der Waals surface area contributed by atoms with Crippen LogP contribution in [0.4, 0.5) is 0 Å². The number of rotatable bonds is 5. The molecule has 0 aliphatic carbocycles. The number of hydrogen-bond acceptors (Lipinski definition) is 2. The predicted octanol–water partition coefficient (Wildman–Crippen LogP) is 0.942. The van der Waals surface area contributed by atoms with Crippen LogP contribution in [0.25, 0.3) is 0 Å². The van der Waals surface area contributed by atoms with Gasteiger partial charge in [0.2, 0.25) is 0 Å². The van der Waals surface area contributed by atoms with Crippen molar-refractivity contribution < 1.29 is 9.47 Å². The van der Waals surface area contributed by atoms with Crippen LogP contribution in [0, 0.1) is 0 Å². The van der Waals surface area contributed by atoms with Crippen LogP contribution in [0.15, 0.2) is 0 Å². The van der Waals surface area contributed by atoms with E-state index in [0.29, 0.717) is 0 Å². The summed E-state index contributed by atoms with van der Waals surface area (Å²) in [6, 6.07) is 0. The van der Waals surface area contributed by atoms with Crippen molar-refractivity contribution in [2.24, 2.45) is 0 Å². The molecule has 3 heteroatoms. The van der Waals surface area contributed by atoms with Crippen LogP contribution < -0.4 is 0 Å². The molecule has 0 spiro atoms. The molecule has 0 saturated heterocycles. The third-order valence-corrected chi connectivity index (χ3v) is 1.66.